The van der Waals surface area contributed by atoms with Gasteiger partial charge >= 0.3 is 0 Å². The topological polar surface area (TPSA) is 32.3 Å². The van der Waals surface area contributed by atoms with Gasteiger partial charge < -0.3 is 10.4 Å². The van der Waals surface area contributed by atoms with Crippen molar-refractivity contribution >= 4 is 0 Å². The van der Waals surface area contributed by atoms with Gasteiger partial charge in [-0.25, -0.2) is 13.2 Å². The van der Waals surface area contributed by atoms with Crippen LogP contribution < -0.4 is 5.32 Å². The zero-order valence-electron chi connectivity index (χ0n) is 9.96. The number of halogens is 3. The van der Waals surface area contributed by atoms with Crippen LogP contribution in [0.3, 0.4) is 0 Å². The largest absolute Gasteiger partial charge is 0.508 e. The lowest BCUT2D eigenvalue weighted by Crippen LogP contribution is -2.14. The van der Waals surface area contributed by atoms with E-state index in [9.17, 15) is 18.3 Å². The number of benzene rings is 2. The summed E-state index contributed by atoms with van der Waals surface area (Å²) in [6.07, 6.45) is 0. The van der Waals surface area contributed by atoms with E-state index in [1.165, 1.54) is 24.3 Å². The molecule has 5 heteroatoms. The molecule has 0 aliphatic rings. The molecular weight excluding hydrogens is 255 g/mol. The summed E-state index contributed by atoms with van der Waals surface area (Å²) in [5.41, 5.74) is 0.863. The minimum atomic E-state index is -0.630. The number of phenolic OH excluding ortho intramolecular Hbond substituents is 1. The number of hydrogen-bond acceptors (Lipinski definition) is 2. The summed E-state index contributed by atoms with van der Waals surface area (Å²) in [5, 5.41) is 12.1. The van der Waals surface area contributed by atoms with E-state index in [0.29, 0.717) is 11.1 Å². The van der Waals surface area contributed by atoms with Crippen molar-refractivity contribution in [3.63, 3.8) is 0 Å². The number of hydrogen-bond donors (Lipinski definition) is 2. The van der Waals surface area contributed by atoms with Crippen molar-refractivity contribution in [1.29, 1.82) is 0 Å². The van der Waals surface area contributed by atoms with Gasteiger partial charge in [0.25, 0.3) is 0 Å². The second-order valence-corrected chi connectivity index (χ2v) is 4.16. The Hall–Kier alpha value is -2.01. The molecule has 0 saturated carbocycles. The maximum absolute atomic E-state index is 13.3. The molecule has 0 aromatic heterocycles. The van der Waals surface area contributed by atoms with Gasteiger partial charge in [-0.3, -0.25) is 0 Å². The fraction of sp³-hybridized carbons (Fsp3) is 0.143. The molecule has 0 saturated heterocycles. The number of aromatic hydroxyl groups is 1. The molecule has 0 heterocycles. The molecule has 0 fully saturated rings. The van der Waals surface area contributed by atoms with Crippen LogP contribution in [0.15, 0.2) is 36.4 Å². The number of nitrogens with one attached hydrogen (secondary N) is 1. The highest BCUT2D eigenvalue weighted by molar-refractivity contribution is 5.28. The quantitative estimate of drug-likeness (QED) is 0.892. The first-order valence-electron chi connectivity index (χ1n) is 5.67. The van der Waals surface area contributed by atoms with E-state index in [4.69, 9.17) is 0 Å². The van der Waals surface area contributed by atoms with E-state index in [0.717, 1.165) is 12.1 Å². The van der Waals surface area contributed by atoms with Crippen LogP contribution in [-0.4, -0.2) is 5.11 Å². The second kappa shape index (κ2) is 5.75. The first-order valence-corrected chi connectivity index (χ1v) is 5.67. The maximum atomic E-state index is 13.3. The van der Waals surface area contributed by atoms with Crippen molar-refractivity contribution in [2.45, 2.75) is 13.1 Å². The lowest BCUT2D eigenvalue weighted by atomic mass is 10.2. The molecule has 0 unspecified atom stereocenters. The SMILES string of the molecule is Oc1cc(F)cc(CNCc2ccc(F)cc2F)c1. The Balaban J connectivity index is 1.96. The third kappa shape index (κ3) is 3.72. The highest BCUT2D eigenvalue weighted by Crippen LogP contribution is 2.15. The molecule has 2 aromatic rings. The second-order valence-electron chi connectivity index (χ2n) is 4.16. The third-order valence-electron chi connectivity index (χ3n) is 2.60. The van der Waals surface area contributed by atoms with Gasteiger partial charge in [0.05, 0.1) is 0 Å². The minimum Gasteiger partial charge on any atom is -0.508 e. The molecule has 0 radical (unpaired) electrons. The van der Waals surface area contributed by atoms with Gasteiger partial charge in [-0.05, 0) is 23.8 Å². The van der Waals surface area contributed by atoms with E-state index < -0.39 is 17.5 Å². The van der Waals surface area contributed by atoms with E-state index in [2.05, 4.69) is 5.32 Å². The fourth-order valence-electron chi connectivity index (χ4n) is 1.74. The van der Waals surface area contributed by atoms with E-state index in [1.807, 2.05) is 0 Å². The van der Waals surface area contributed by atoms with Crippen LogP contribution in [-0.2, 0) is 13.1 Å². The van der Waals surface area contributed by atoms with Gasteiger partial charge in [0.2, 0.25) is 0 Å². The summed E-state index contributed by atoms with van der Waals surface area (Å²) in [4.78, 5) is 0. The summed E-state index contributed by atoms with van der Waals surface area (Å²) in [5.74, 6) is -1.96. The predicted octanol–water partition coefficient (Wildman–Crippen LogP) is 3.10. The van der Waals surface area contributed by atoms with E-state index in [1.54, 1.807) is 0 Å². The molecule has 19 heavy (non-hydrogen) atoms. The van der Waals surface area contributed by atoms with Crippen molar-refractivity contribution in [1.82, 2.24) is 5.32 Å². The van der Waals surface area contributed by atoms with Crippen molar-refractivity contribution in [3.8, 4) is 5.75 Å². The molecule has 0 aliphatic carbocycles. The summed E-state index contributed by atoms with van der Waals surface area (Å²) >= 11 is 0. The van der Waals surface area contributed by atoms with Gasteiger partial charge in [0, 0.05) is 30.8 Å². The van der Waals surface area contributed by atoms with Gasteiger partial charge in [-0.15, -0.1) is 0 Å². The Labute approximate surface area is 108 Å². The normalized spacial score (nSPS) is 10.7. The zero-order chi connectivity index (χ0) is 13.8. The first kappa shape index (κ1) is 13.4. The van der Waals surface area contributed by atoms with Crippen LogP contribution >= 0.6 is 0 Å². The Morgan fingerprint density at radius 3 is 2.37 bits per heavy atom. The van der Waals surface area contributed by atoms with Crippen LogP contribution in [0.4, 0.5) is 13.2 Å². The molecule has 0 bridgehead atoms. The molecule has 0 atom stereocenters. The lowest BCUT2D eigenvalue weighted by Gasteiger charge is -2.07. The van der Waals surface area contributed by atoms with Crippen LogP contribution in [0.25, 0.3) is 0 Å². The highest BCUT2D eigenvalue weighted by Gasteiger charge is 2.04. The summed E-state index contributed by atoms with van der Waals surface area (Å²) < 4.78 is 39.0. The smallest absolute Gasteiger partial charge is 0.130 e. The molecule has 100 valence electrons. The summed E-state index contributed by atoms with van der Waals surface area (Å²) in [7, 11) is 0. The molecule has 2 nitrogen and oxygen atoms in total. The molecule has 0 amide bonds. The highest BCUT2D eigenvalue weighted by atomic mass is 19.1. The predicted molar refractivity (Wildman–Crippen MR) is 65.0 cm³/mol. The standard InChI is InChI=1S/C14H12F3NO/c15-11-2-1-10(14(17)6-11)8-18-7-9-3-12(16)5-13(19)4-9/h1-6,18-19H,7-8H2. The van der Waals surface area contributed by atoms with Crippen LogP contribution in [0.5, 0.6) is 5.75 Å². The van der Waals surface area contributed by atoms with Gasteiger partial charge in [0.15, 0.2) is 0 Å². The average molecular weight is 267 g/mol. The van der Waals surface area contributed by atoms with E-state index in [-0.39, 0.29) is 18.8 Å². The van der Waals surface area contributed by atoms with Crippen LogP contribution in [0.1, 0.15) is 11.1 Å². The Morgan fingerprint density at radius 2 is 1.68 bits per heavy atom. The average Bonchev–Trinajstić information content (AvgIpc) is 2.30. The molecule has 0 spiro atoms. The zero-order valence-corrected chi connectivity index (χ0v) is 9.96. The van der Waals surface area contributed by atoms with Crippen LogP contribution in [0, 0.1) is 17.5 Å². The molecule has 2 aromatic carbocycles. The number of phenols is 1. The molecular formula is C14H12F3NO. The Kier molecular flexibility index (Phi) is 4.06. The lowest BCUT2D eigenvalue weighted by molar-refractivity contribution is 0.467. The molecule has 2 rings (SSSR count). The number of rotatable bonds is 4. The van der Waals surface area contributed by atoms with E-state index >= 15 is 0 Å². The van der Waals surface area contributed by atoms with Crippen molar-refractivity contribution in [2.24, 2.45) is 0 Å². The fourth-order valence-corrected chi connectivity index (χ4v) is 1.74. The van der Waals surface area contributed by atoms with Gasteiger partial charge in [-0.1, -0.05) is 6.07 Å². The molecule has 0 aliphatic heterocycles. The van der Waals surface area contributed by atoms with Crippen molar-refractivity contribution in [2.75, 3.05) is 0 Å². The monoisotopic (exact) mass is 267 g/mol. The van der Waals surface area contributed by atoms with Gasteiger partial charge in [0.1, 0.15) is 23.2 Å². The summed E-state index contributed by atoms with van der Waals surface area (Å²) in [6, 6.07) is 7.02. The molecule has 2 N–H and O–H groups in total. The minimum absolute atomic E-state index is 0.162. The van der Waals surface area contributed by atoms with Gasteiger partial charge in [-0.2, -0.15) is 0 Å². The Morgan fingerprint density at radius 1 is 0.895 bits per heavy atom. The third-order valence-corrected chi connectivity index (χ3v) is 2.60. The maximum Gasteiger partial charge on any atom is 0.130 e. The van der Waals surface area contributed by atoms with Crippen molar-refractivity contribution < 1.29 is 18.3 Å². The van der Waals surface area contributed by atoms with Crippen molar-refractivity contribution in [3.05, 3.63) is 65.0 Å². The Bertz CT molecular complexity index is 567. The van der Waals surface area contributed by atoms with Crippen LogP contribution in [0.2, 0.25) is 0 Å². The first-order chi connectivity index (χ1) is 9.04. The summed E-state index contributed by atoms with van der Waals surface area (Å²) in [6.45, 7) is 0.450.